The summed E-state index contributed by atoms with van der Waals surface area (Å²) in [5, 5.41) is 11.2. The normalized spacial score (nSPS) is 24.7. The third kappa shape index (κ3) is 2.03. The van der Waals surface area contributed by atoms with Crippen LogP contribution in [0.3, 0.4) is 0 Å². The van der Waals surface area contributed by atoms with Gasteiger partial charge in [0.1, 0.15) is 5.69 Å². The molecule has 0 N–H and O–H groups in total. The van der Waals surface area contributed by atoms with Gasteiger partial charge < -0.3 is 0 Å². The molecule has 1 aromatic rings. The maximum Gasteiger partial charge on any atom is 0.293 e. The van der Waals surface area contributed by atoms with Gasteiger partial charge in [-0.3, -0.25) is 19.7 Å². The van der Waals surface area contributed by atoms with Crippen LogP contribution in [0.4, 0.5) is 11.4 Å². The van der Waals surface area contributed by atoms with Crippen molar-refractivity contribution in [1.29, 1.82) is 0 Å². The van der Waals surface area contributed by atoms with Crippen molar-refractivity contribution in [2.45, 2.75) is 26.7 Å². The summed E-state index contributed by atoms with van der Waals surface area (Å²) in [7, 11) is 0. The molecule has 2 amide bonds. The van der Waals surface area contributed by atoms with Crippen LogP contribution in [0.1, 0.15) is 26.7 Å². The highest BCUT2D eigenvalue weighted by molar-refractivity contribution is 6.23. The first-order chi connectivity index (χ1) is 10.4. The molecular weight excluding hydrogens is 284 g/mol. The highest BCUT2D eigenvalue weighted by Crippen LogP contribution is 2.43. The van der Waals surface area contributed by atoms with Gasteiger partial charge >= 0.3 is 0 Å². The lowest BCUT2D eigenvalue weighted by Crippen LogP contribution is -2.31. The molecule has 1 aromatic carbocycles. The van der Waals surface area contributed by atoms with Crippen LogP contribution in [-0.2, 0) is 9.59 Å². The van der Waals surface area contributed by atoms with E-state index in [0.29, 0.717) is 12.8 Å². The average Bonchev–Trinajstić information content (AvgIpc) is 2.71. The molecule has 1 aliphatic carbocycles. The zero-order valence-electron chi connectivity index (χ0n) is 12.4. The van der Waals surface area contributed by atoms with Gasteiger partial charge in [-0.25, -0.2) is 4.90 Å². The van der Waals surface area contributed by atoms with Gasteiger partial charge in [0.25, 0.3) is 5.69 Å². The molecule has 6 heteroatoms. The molecule has 1 saturated heterocycles. The lowest BCUT2D eigenvalue weighted by Gasteiger charge is -2.23. The van der Waals surface area contributed by atoms with E-state index < -0.39 is 16.8 Å². The standard InChI is InChI=1S/C16H16N2O4/c1-9-7-11-12(8-10(9)2)16(20)17(15(11)19)13-5-3-4-6-14(13)18(21)22/h3-6,11-12H,7-8H2,1-2H3/t11-,12-/m0/s1. The number of amides is 2. The second-order valence-corrected chi connectivity index (χ2v) is 5.94. The molecule has 0 aromatic heterocycles. The third-order valence-electron chi connectivity index (χ3n) is 4.66. The summed E-state index contributed by atoms with van der Waals surface area (Å²) in [5.41, 5.74) is 2.12. The lowest BCUT2D eigenvalue weighted by molar-refractivity contribution is -0.384. The van der Waals surface area contributed by atoms with Crippen LogP contribution in [0.25, 0.3) is 0 Å². The first kappa shape index (κ1) is 14.4. The van der Waals surface area contributed by atoms with E-state index in [1.807, 2.05) is 13.8 Å². The van der Waals surface area contributed by atoms with Crippen molar-refractivity contribution in [3.63, 3.8) is 0 Å². The quantitative estimate of drug-likeness (QED) is 0.364. The predicted octanol–water partition coefficient (Wildman–Crippen LogP) is 2.83. The number of hydrogen-bond acceptors (Lipinski definition) is 4. The molecule has 1 aliphatic heterocycles. The molecule has 6 nitrogen and oxygen atoms in total. The third-order valence-corrected chi connectivity index (χ3v) is 4.66. The Balaban J connectivity index is 2.04. The number of anilines is 1. The Labute approximate surface area is 127 Å². The number of nitro benzene ring substituents is 1. The molecule has 0 unspecified atom stereocenters. The van der Waals surface area contributed by atoms with E-state index in [2.05, 4.69) is 0 Å². The molecule has 1 heterocycles. The fourth-order valence-corrected chi connectivity index (χ4v) is 3.30. The summed E-state index contributed by atoms with van der Waals surface area (Å²) in [6, 6.07) is 5.89. The van der Waals surface area contributed by atoms with Crippen molar-refractivity contribution >= 4 is 23.2 Å². The van der Waals surface area contributed by atoms with Gasteiger partial charge in [-0.2, -0.15) is 0 Å². The Hall–Kier alpha value is -2.50. The number of imide groups is 1. The van der Waals surface area contributed by atoms with Gasteiger partial charge in [-0.1, -0.05) is 23.3 Å². The van der Waals surface area contributed by atoms with Gasteiger partial charge in [0.15, 0.2) is 0 Å². The minimum atomic E-state index is -0.563. The molecule has 0 spiro atoms. The Morgan fingerprint density at radius 3 is 2.05 bits per heavy atom. The molecule has 3 rings (SSSR count). The first-order valence-electron chi connectivity index (χ1n) is 7.18. The maximum absolute atomic E-state index is 12.6. The number of carbonyl (C=O) groups excluding carboxylic acids is 2. The smallest absolute Gasteiger partial charge is 0.274 e. The van der Waals surface area contributed by atoms with Gasteiger partial charge in [0.2, 0.25) is 11.8 Å². The topological polar surface area (TPSA) is 80.5 Å². The van der Waals surface area contributed by atoms with Crippen LogP contribution in [0.2, 0.25) is 0 Å². The van der Waals surface area contributed by atoms with Gasteiger partial charge in [-0.15, -0.1) is 0 Å². The minimum absolute atomic E-state index is 0.0761. The Bertz CT molecular complexity index is 691. The van der Waals surface area contributed by atoms with Crippen LogP contribution in [0.15, 0.2) is 35.4 Å². The number of rotatable bonds is 2. The molecule has 0 radical (unpaired) electrons. The highest BCUT2D eigenvalue weighted by Gasteiger charge is 2.50. The second kappa shape index (κ2) is 5.05. The largest absolute Gasteiger partial charge is 0.293 e. The van der Waals surface area contributed by atoms with Gasteiger partial charge in [0.05, 0.1) is 16.8 Å². The molecule has 114 valence electrons. The van der Waals surface area contributed by atoms with Crippen molar-refractivity contribution in [2.24, 2.45) is 11.8 Å². The van der Waals surface area contributed by atoms with Crippen molar-refractivity contribution < 1.29 is 14.5 Å². The summed E-state index contributed by atoms with van der Waals surface area (Å²) in [4.78, 5) is 36.9. The monoisotopic (exact) mass is 300 g/mol. The van der Waals surface area contributed by atoms with E-state index >= 15 is 0 Å². The van der Waals surface area contributed by atoms with E-state index in [1.54, 1.807) is 6.07 Å². The molecule has 1 fully saturated rings. The van der Waals surface area contributed by atoms with E-state index in [0.717, 1.165) is 16.0 Å². The predicted molar refractivity (Wildman–Crippen MR) is 80.2 cm³/mol. The minimum Gasteiger partial charge on any atom is -0.274 e. The van der Waals surface area contributed by atoms with E-state index in [1.165, 1.54) is 18.2 Å². The Morgan fingerprint density at radius 2 is 1.55 bits per heavy atom. The zero-order chi connectivity index (χ0) is 16.0. The molecule has 0 saturated carbocycles. The lowest BCUT2D eigenvalue weighted by atomic mass is 9.78. The van der Waals surface area contributed by atoms with Crippen molar-refractivity contribution in [2.75, 3.05) is 4.90 Å². The van der Waals surface area contributed by atoms with E-state index in [4.69, 9.17) is 0 Å². The van der Waals surface area contributed by atoms with Crippen molar-refractivity contribution in [3.05, 3.63) is 45.5 Å². The Morgan fingerprint density at radius 1 is 1.05 bits per heavy atom. The highest BCUT2D eigenvalue weighted by atomic mass is 16.6. The number of nitro groups is 1. The van der Waals surface area contributed by atoms with Crippen LogP contribution in [0, 0.1) is 22.0 Å². The molecule has 22 heavy (non-hydrogen) atoms. The average molecular weight is 300 g/mol. The fourth-order valence-electron chi connectivity index (χ4n) is 3.30. The molecule has 2 atom stereocenters. The summed E-state index contributed by atoms with van der Waals surface area (Å²) < 4.78 is 0. The summed E-state index contributed by atoms with van der Waals surface area (Å²) in [6.07, 6.45) is 1.11. The SMILES string of the molecule is CC1=C(C)C[C@@H]2C(=O)N(c3ccccc3[N+](=O)[O-])C(=O)[C@H]2C1. The van der Waals surface area contributed by atoms with Gasteiger partial charge in [-0.05, 0) is 32.8 Å². The van der Waals surface area contributed by atoms with Crippen LogP contribution in [0.5, 0.6) is 0 Å². The number of hydrogen-bond donors (Lipinski definition) is 0. The zero-order valence-corrected chi connectivity index (χ0v) is 12.4. The number of fused-ring (bicyclic) bond motifs is 1. The van der Waals surface area contributed by atoms with Crippen molar-refractivity contribution in [1.82, 2.24) is 0 Å². The maximum atomic E-state index is 12.6. The summed E-state index contributed by atoms with van der Waals surface area (Å²) in [6.45, 7) is 3.94. The van der Waals surface area contributed by atoms with Crippen molar-refractivity contribution in [3.8, 4) is 0 Å². The first-order valence-corrected chi connectivity index (χ1v) is 7.18. The number of para-hydroxylation sites is 2. The number of benzene rings is 1. The molecule has 0 bridgehead atoms. The summed E-state index contributed by atoms with van der Waals surface area (Å²) in [5.74, 6) is -1.43. The number of allylic oxidation sites excluding steroid dienone is 2. The molecule has 2 aliphatic rings. The summed E-state index contributed by atoms with van der Waals surface area (Å²) >= 11 is 0. The van der Waals surface area contributed by atoms with E-state index in [9.17, 15) is 19.7 Å². The molecular formula is C16H16N2O4. The van der Waals surface area contributed by atoms with E-state index in [-0.39, 0.29) is 23.2 Å². The second-order valence-electron chi connectivity index (χ2n) is 5.94. The van der Waals surface area contributed by atoms with Crippen LogP contribution in [-0.4, -0.2) is 16.7 Å². The Kier molecular flexibility index (Phi) is 3.31. The fraction of sp³-hybridized carbons (Fsp3) is 0.375. The number of carbonyl (C=O) groups is 2. The van der Waals surface area contributed by atoms with Gasteiger partial charge in [0, 0.05) is 6.07 Å². The van der Waals surface area contributed by atoms with Crippen LogP contribution >= 0.6 is 0 Å². The number of nitrogens with zero attached hydrogens (tertiary/aromatic N) is 2. The van der Waals surface area contributed by atoms with Crippen LogP contribution < -0.4 is 4.90 Å².